The highest BCUT2D eigenvalue weighted by molar-refractivity contribution is 6.13. The van der Waals surface area contributed by atoms with Crippen LogP contribution in [0.3, 0.4) is 0 Å². The number of halogens is 1. The van der Waals surface area contributed by atoms with E-state index in [0.29, 0.717) is 11.3 Å². The maximum atomic E-state index is 14.0. The Hall–Kier alpha value is -3.00. The summed E-state index contributed by atoms with van der Waals surface area (Å²) in [7, 11) is 3.75. The van der Waals surface area contributed by atoms with Gasteiger partial charge in [0.25, 0.3) is 0 Å². The number of aromatic nitrogens is 2. The van der Waals surface area contributed by atoms with Crippen LogP contribution in [0.4, 0.5) is 15.9 Å². The van der Waals surface area contributed by atoms with Gasteiger partial charge in [0.15, 0.2) is 11.6 Å². The van der Waals surface area contributed by atoms with Gasteiger partial charge in [-0.15, -0.1) is 13.2 Å². The van der Waals surface area contributed by atoms with Gasteiger partial charge >= 0.3 is 0 Å². The monoisotopic (exact) mass is 416 g/mol. The summed E-state index contributed by atoms with van der Waals surface area (Å²) in [5.74, 6) is 0.340. The molecular weight excluding hydrogens is 383 g/mol. The van der Waals surface area contributed by atoms with E-state index in [-0.39, 0.29) is 23.3 Å². The minimum atomic E-state index is -0.539. The molecule has 0 spiro atoms. The van der Waals surface area contributed by atoms with Crippen LogP contribution in [0, 0.1) is 11.2 Å². The molecular formula is C22H33FN6O. The number of nitrogen functional groups attached to an aromatic ring is 1. The number of anilines is 2. The average molecular weight is 417 g/mol. The number of nitrogens with zero attached hydrogens (tertiary/aromatic N) is 3. The van der Waals surface area contributed by atoms with Crippen LogP contribution in [0.15, 0.2) is 37.7 Å². The molecule has 3 rings (SSSR count). The fourth-order valence-electron chi connectivity index (χ4n) is 2.87. The fraction of sp³-hybridized carbons (Fsp3) is 0.409. The molecule has 30 heavy (non-hydrogen) atoms. The van der Waals surface area contributed by atoms with Gasteiger partial charge in [-0.05, 0) is 46.9 Å². The van der Waals surface area contributed by atoms with Gasteiger partial charge in [0.1, 0.15) is 12.1 Å². The number of hydrogen-bond donors (Lipinski definition) is 3. The van der Waals surface area contributed by atoms with Crippen molar-refractivity contribution >= 4 is 17.2 Å². The predicted molar refractivity (Wildman–Crippen MR) is 122 cm³/mol. The number of rotatable bonds is 5. The summed E-state index contributed by atoms with van der Waals surface area (Å²) in [5, 5.41) is 11.2. The number of nitrogens with two attached hydrogens (primary N) is 1. The highest BCUT2D eigenvalue weighted by Gasteiger charge is 2.18. The fourth-order valence-corrected chi connectivity index (χ4v) is 2.87. The van der Waals surface area contributed by atoms with Crippen molar-refractivity contribution in [1.82, 2.24) is 15.3 Å². The van der Waals surface area contributed by atoms with Gasteiger partial charge in [-0.3, -0.25) is 5.41 Å². The lowest BCUT2D eigenvalue weighted by Gasteiger charge is -2.17. The van der Waals surface area contributed by atoms with E-state index in [1.54, 1.807) is 6.07 Å². The lowest BCUT2D eigenvalue weighted by molar-refractivity contribution is 0.231. The summed E-state index contributed by atoms with van der Waals surface area (Å²) in [4.78, 5) is 10.6. The Morgan fingerprint density at radius 2 is 1.80 bits per heavy atom. The first kappa shape index (κ1) is 25.0. The minimum Gasteiger partial charge on any atom is -0.488 e. The van der Waals surface area contributed by atoms with Gasteiger partial charge in [-0.2, -0.15) is 0 Å². The van der Waals surface area contributed by atoms with E-state index >= 15 is 0 Å². The van der Waals surface area contributed by atoms with E-state index in [4.69, 9.17) is 15.9 Å². The second kappa shape index (κ2) is 12.5. The normalized spacial score (nSPS) is 12.5. The summed E-state index contributed by atoms with van der Waals surface area (Å²) in [6, 6.07) is 4.42. The first-order chi connectivity index (χ1) is 14.4. The highest BCUT2D eigenvalue weighted by Crippen LogP contribution is 2.27. The van der Waals surface area contributed by atoms with Crippen LogP contribution >= 0.6 is 0 Å². The van der Waals surface area contributed by atoms with E-state index in [9.17, 15) is 4.39 Å². The molecule has 0 unspecified atom stereocenters. The van der Waals surface area contributed by atoms with Gasteiger partial charge in [-0.1, -0.05) is 0 Å². The summed E-state index contributed by atoms with van der Waals surface area (Å²) < 4.78 is 19.5. The van der Waals surface area contributed by atoms with Gasteiger partial charge in [0.05, 0.1) is 17.5 Å². The topological polar surface area (TPSA) is 100 Å². The Kier molecular flexibility index (Phi) is 10.5. The van der Waals surface area contributed by atoms with Gasteiger partial charge in [0, 0.05) is 36.5 Å². The van der Waals surface area contributed by atoms with Gasteiger partial charge in [0.2, 0.25) is 0 Å². The molecule has 2 aromatic rings. The van der Waals surface area contributed by atoms with Crippen molar-refractivity contribution in [3.05, 3.63) is 54.8 Å². The molecule has 7 nitrogen and oxygen atoms in total. The van der Waals surface area contributed by atoms with E-state index in [1.807, 2.05) is 27.9 Å². The molecule has 0 saturated carbocycles. The van der Waals surface area contributed by atoms with Crippen molar-refractivity contribution < 1.29 is 9.13 Å². The zero-order valence-corrected chi connectivity index (χ0v) is 18.3. The van der Waals surface area contributed by atoms with Crippen molar-refractivity contribution in [2.24, 2.45) is 0 Å². The third-order valence-corrected chi connectivity index (χ3v) is 4.07. The average Bonchev–Trinajstić information content (AvgIpc) is 3.26. The van der Waals surface area contributed by atoms with Crippen LogP contribution in [-0.2, 0) is 0 Å². The summed E-state index contributed by atoms with van der Waals surface area (Å²) in [6.07, 6.45) is 3.54. The molecule has 0 radical (unpaired) electrons. The SMILES string of the molecule is C=C.CC(C)Oc1cc(C(=N)c2cc(N3CCCC3)ncn2)c(N)cc1F.CNC. The zero-order valence-electron chi connectivity index (χ0n) is 18.3. The molecule has 0 amide bonds. The van der Waals surface area contributed by atoms with Crippen LogP contribution in [0.5, 0.6) is 5.75 Å². The van der Waals surface area contributed by atoms with E-state index < -0.39 is 5.82 Å². The predicted octanol–water partition coefficient (Wildman–Crippen LogP) is 3.64. The maximum Gasteiger partial charge on any atom is 0.167 e. The molecule has 1 aromatic heterocycles. The first-order valence-corrected chi connectivity index (χ1v) is 9.87. The third kappa shape index (κ3) is 6.81. The molecule has 0 bridgehead atoms. The van der Waals surface area contributed by atoms with Crippen LogP contribution in [0.25, 0.3) is 0 Å². The Balaban J connectivity index is 0.000000826. The molecule has 8 heteroatoms. The molecule has 1 aromatic carbocycles. The third-order valence-electron chi connectivity index (χ3n) is 4.07. The van der Waals surface area contributed by atoms with Crippen molar-refractivity contribution in [3.8, 4) is 5.75 Å². The number of hydrogen-bond acceptors (Lipinski definition) is 7. The molecule has 1 fully saturated rings. The number of ether oxygens (including phenoxy) is 1. The number of nitrogens with one attached hydrogen (secondary N) is 2. The molecule has 1 aliphatic heterocycles. The van der Waals surface area contributed by atoms with Crippen LogP contribution in [0.2, 0.25) is 0 Å². The standard InChI is InChI=1S/C18H22FN5O.C2H7N.C2H4/c1-11(2)25-16-7-12(14(20)8-13(16)19)18(21)15-9-17(23-10-22-15)24-5-3-4-6-24;1-3-2;1-2/h7-11,21H,3-6,20H2,1-2H3;3H,1-2H3;1-2H2. The Morgan fingerprint density at radius 3 is 2.37 bits per heavy atom. The molecule has 2 heterocycles. The molecule has 1 aliphatic rings. The lowest BCUT2D eigenvalue weighted by Crippen LogP contribution is -2.20. The zero-order chi connectivity index (χ0) is 22.7. The van der Waals surface area contributed by atoms with Crippen molar-refractivity contribution in [2.45, 2.75) is 32.8 Å². The molecule has 0 aliphatic carbocycles. The summed E-state index contributed by atoms with van der Waals surface area (Å²) in [6.45, 7) is 11.5. The van der Waals surface area contributed by atoms with Crippen LogP contribution in [0.1, 0.15) is 37.9 Å². The Morgan fingerprint density at radius 1 is 1.20 bits per heavy atom. The molecule has 164 valence electrons. The van der Waals surface area contributed by atoms with E-state index in [0.717, 1.165) is 31.7 Å². The van der Waals surface area contributed by atoms with E-state index in [2.05, 4.69) is 33.3 Å². The van der Waals surface area contributed by atoms with Gasteiger partial charge < -0.3 is 20.7 Å². The van der Waals surface area contributed by atoms with E-state index in [1.165, 1.54) is 18.5 Å². The second-order valence-corrected chi connectivity index (χ2v) is 6.87. The van der Waals surface area contributed by atoms with Crippen LogP contribution in [-0.4, -0.2) is 49.0 Å². The lowest BCUT2D eigenvalue weighted by atomic mass is 10.0. The van der Waals surface area contributed by atoms with Gasteiger partial charge in [-0.25, -0.2) is 14.4 Å². The van der Waals surface area contributed by atoms with Crippen LogP contribution < -0.4 is 20.7 Å². The molecule has 0 atom stereocenters. The quantitative estimate of drug-likeness (QED) is 0.391. The smallest absolute Gasteiger partial charge is 0.167 e. The Labute approximate surface area is 178 Å². The largest absolute Gasteiger partial charge is 0.488 e. The first-order valence-electron chi connectivity index (χ1n) is 9.87. The van der Waals surface area contributed by atoms with Crippen molar-refractivity contribution in [1.29, 1.82) is 5.41 Å². The summed E-state index contributed by atoms with van der Waals surface area (Å²) in [5.41, 5.74) is 7.07. The minimum absolute atomic E-state index is 0.0813. The van der Waals surface area contributed by atoms with Crippen molar-refractivity contribution in [2.75, 3.05) is 37.8 Å². The molecule has 1 saturated heterocycles. The number of benzene rings is 1. The second-order valence-electron chi connectivity index (χ2n) is 6.87. The highest BCUT2D eigenvalue weighted by atomic mass is 19.1. The van der Waals surface area contributed by atoms with Crippen molar-refractivity contribution in [3.63, 3.8) is 0 Å². The summed E-state index contributed by atoms with van der Waals surface area (Å²) >= 11 is 0. The maximum absolute atomic E-state index is 14.0. The Bertz CT molecular complexity index is 821. The molecule has 4 N–H and O–H groups in total.